The molecule has 0 aliphatic carbocycles. The Balaban J connectivity index is 1.86. The second kappa shape index (κ2) is 6.01. The monoisotopic (exact) mass is 372 g/mol. The molecule has 2 aromatic carbocycles. The van der Waals surface area contributed by atoms with E-state index in [1.165, 1.54) is 26.4 Å². The van der Waals surface area contributed by atoms with Gasteiger partial charge in [0.2, 0.25) is 0 Å². The van der Waals surface area contributed by atoms with Gasteiger partial charge in [-0.15, -0.1) is 0 Å². The summed E-state index contributed by atoms with van der Waals surface area (Å²) in [4.78, 5) is 25.6. The van der Waals surface area contributed by atoms with Crippen LogP contribution in [0.3, 0.4) is 0 Å². The Labute approximate surface area is 153 Å². The van der Waals surface area contributed by atoms with Gasteiger partial charge in [-0.25, -0.2) is 0 Å². The Hall–Kier alpha value is -3.56. The van der Waals surface area contributed by atoms with E-state index in [4.69, 9.17) is 9.47 Å². The third kappa shape index (κ3) is 2.57. The summed E-state index contributed by atoms with van der Waals surface area (Å²) in [7, 11) is 2.94. The van der Waals surface area contributed by atoms with Crippen molar-refractivity contribution in [3.63, 3.8) is 0 Å². The first-order chi connectivity index (χ1) is 12.9. The smallest absolute Gasteiger partial charge is 0.273 e. The van der Waals surface area contributed by atoms with Gasteiger partial charge in [-0.05, 0) is 0 Å². The van der Waals surface area contributed by atoms with E-state index in [0.29, 0.717) is 31.3 Å². The number of rotatable bonds is 4. The molecule has 10 nitrogen and oxygen atoms in total. The number of nitro benzene ring substituents is 2. The molecule has 0 spiro atoms. The minimum atomic E-state index is -0.449. The Morgan fingerprint density at radius 1 is 0.815 bits per heavy atom. The second-order valence-electron chi connectivity index (χ2n) is 6.36. The zero-order valence-corrected chi connectivity index (χ0v) is 14.7. The summed E-state index contributed by atoms with van der Waals surface area (Å²) in [5.74, 6) is 0.833. The maximum absolute atomic E-state index is 11.2. The van der Waals surface area contributed by atoms with Gasteiger partial charge in [-0.3, -0.25) is 20.2 Å². The number of non-ortho nitro benzene ring substituents is 2. The first kappa shape index (κ1) is 16.9. The van der Waals surface area contributed by atoms with Crippen molar-refractivity contribution < 1.29 is 19.3 Å². The number of benzene rings is 2. The Kier molecular flexibility index (Phi) is 3.76. The molecule has 2 bridgehead atoms. The van der Waals surface area contributed by atoms with E-state index in [0.717, 1.165) is 22.5 Å². The van der Waals surface area contributed by atoms with Gasteiger partial charge >= 0.3 is 0 Å². The van der Waals surface area contributed by atoms with Crippen LogP contribution in [0.4, 0.5) is 22.7 Å². The molecule has 0 amide bonds. The van der Waals surface area contributed by atoms with Crippen molar-refractivity contribution in [2.24, 2.45) is 0 Å². The molecule has 0 N–H and O–H groups in total. The summed E-state index contributed by atoms with van der Waals surface area (Å²) >= 11 is 0. The number of methoxy groups -OCH3 is 2. The molecule has 0 aromatic heterocycles. The number of nitro groups is 2. The van der Waals surface area contributed by atoms with Gasteiger partial charge in [-0.1, -0.05) is 0 Å². The molecule has 2 aromatic rings. The van der Waals surface area contributed by atoms with Gasteiger partial charge in [0.25, 0.3) is 11.4 Å². The zero-order valence-electron chi connectivity index (χ0n) is 14.7. The van der Waals surface area contributed by atoms with E-state index in [-0.39, 0.29) is 11.4 Å². The molecule has 4 rings (SSSR count). The third-order valence-electron chi connectivity index (χ3n) is 4.84. The molecule has 27 heavy (non-hydrogen) atoms. The zero-order chi connectivity index (χ0) is 19.3. The van der Waals surface area contributed by atoms with E-state index in [9.17, 15) is 20.2 Å². The van der Waals surface area contributed by atoms with Crippen molar-refractivity contribution in [1.82, 2.24) is 0 Å². The van der Waals surface area contributed by atoms with Crippen LogP contribution in [0.15, 0.2) is 24.3 Å². The minimum absolute atomic E-state index is 0.0381. The summed E-state index contributed by atoms with van der Waals surface area (Å²) < 4.78 is 10.8. The predicted octanol–water partition coefficient (Wildman–Crippen LogP) is 2.82. The van der Waals surface area contributed by atoms with E-state index < -0.39 is 9.85 Å². The fourth-order valence-corrected chi connectivity index (χ4v) is 3.80. The SMILES string of the molecule is COc1cc([N+](=O)[O-])cc2c1N1Cc3cc([N+](=O)[O-])cc(OC)c3N(C2)C1. The van der Waals surface area contributed by atoms with Crippen molar-refractivity contribution in [2.75, 3.05) is 30.7 Å². The van der Waals surface area contributed by atoms with Crippen LogP contribution < -0.4 is 19.3 Å². The number of ether oxygens (including phenoxy) is 2. The molecule has 2 aliphatic rings. The lowest BCUT2D eigenvalue weighted by atomic mass is 9.99. The highest BCUT2D eigenvalue weighted by atomic mass is 16.6. The lowest BCUT2D eigenvalue weighted by Gasteiger charge is -2.45. The lowest BCUT2D eigenvalue weighted by molar-refractivity contribution is -0.385. The highest BCUT2D eigenvalue weighted by Gasteiger charge is 2.36. The topological polar surface area (TPSA) is 111 Å². The van der Waals surface area contributed by atoms with Crippen molar-refractivity contribution in [1.29, 1.82) is 0 Å². The van der Waals surface area contributed by atoms with Gasteiger partial charge < -0.3 is 19.3 Å². The number of nitrogens with zero attached hydrogens (tertiary/aromatic N) is 4. The van der Waals surface area contributed by atoms with Crippen molar-refractivity contribution in [2.45, 2.75) is 13.1 Å². The molecular weight excluding hydrogens is 356 g/mol. The first-order valence-electron chi connectivity index (χ1n) is 8.13. The van der Waals surface area contributed by atoms with E-state index in [1.807, 2.05) is 9.80 Å². The van der Waals surface area contributed by atoms with Crippen LogP contribution in [0, 0.1) is 20.2 Å². The largest absolute Gasteiger partial charge is 0.494 e. The molecule has 0 saturated heterocycles. The summed E-state index contributed by atoms with van der Waals surface area (Å²) in [6, 6.07) is 5.88. The van der Waals surface area contributed by atoms with Crippen LogP contribution in [-0.2, 0) is 13.1 Å². The molecule has 0 saturated carbocycles. The molecule has 0 fully saturated rings. The molecule has 140 valence electrons. The third-order valence-corrected chi connectivity index (χ3v) is 4.84. The van der Waals surface area contributed by atoms with Gasteiger partial charge in [0.05, 0.1) is 54.2 Å². The van der Waals surface area contributed by atoms with Gasteiger partial charge in [-0.2, -0.15) is 0 Å². The van der Waals surface area contributed by atoms with Gasteiger partial charge in [0.1, 0.15) is 11.5 Å². The fourth-order valence-electron chi connectivity index (χ4n) is 3.80. The molecule has 0 atom stereocenters. The standard InChI is InChI=1S/C17H16N4O6/c1-26-14-5-12(20(22)23)3-10-7-19-9-18(16(10)14)8-11-4-13(21(24)25)6-15(27-2)17(11)19/h3-6H,7-9H2,1-2H3. The van der Waals surface area contributed by atoms with Crippen LogP contribution in [-0.4, -0.2) is 30.7 Å². The molecule has 0 unspecified atom stereocenters. The first-order valence-corrected chi connectivity index (χ1v) is 8.13. The van der Waals surface area contributed by atoms with Crippen molar-refractivity contribution >= 4 is 22.7 Å². The normalized spacial score (nSPS) is 14.3. The van der Waals surface area contributed by atoms with Crippen molar-refractivity contribution in [3.8, 4) is 11.5 Å². The van der Waals surface area contributed by atoms with Gasteiger partial charge in [0.15, 0.2) is 0 Å². The lowest BCUT2D eigenvalue weighted by Crippen LogP contribution is -2.46. The Morgan fingerprint density at radius 2 is 1.22 bits per heavy atom. The number of fused-ring (bicyclic) bond motifs is 6. The van der Waals surface area contributed by atoms with Crippen LogP contribution in [0.1, 0.15) is 11.1 Å². The Morgan fingerprint density at radius 3 is 1.56 bits per heavy atom. The van der Waals surface area contributed by atoms with Crippen LogP contribution in [0.5, 0.6) is 11.5 Å². The summed E-state index contributed by atoms with van der Waals surface area (Å²) in [6.07, 6.45) is 0. The highest BCUT2D eigenvalue weighted by Crippen LogP contribution is 2.48. The molecule has 2 heterocycles. The fraction of sp³-hybridized carbons (Fsp3) is 0.294. The van der Waals surface area contributed by atoms with Crippen LogP contribution >= 0.6 is 0 Å². The van der Waals surface area contributed by atoms with Crippen LogP contribution in [0.2, 0.25) is 0 Å². The maximum Gasteiger partial charge on any atom is 0.273 e. The van der Waals surface area contributed by atoms with Crippen LogP contribution in [0.25, 0.3) is 0 Å². The maximum atomic E-state index is 11.2. The number of anilines is 2. The molecular formula is C17H16N4O6. The highest BCUT2D eigenvalue weighted by molar-refractivity contribution is 5.77. The molecule has 10 heteroatoms. The summed E-state index contributed by atoms with van der Waals surface area (Å²) in [5.41, 5.74) is 3.00. The second-order valence-corrected chi connectivity index (χ2v) is 6.36. The van der Waals surface area contributed by atoms with Crippen molar-refractivity contribution in [3.05, 3.63) is 55.6 Å². The average molecular weight is 372 g/mol. The van der Waals surface area contributed by atoms with E-state index >= 15 is 0 Å². The number of hydrogen-bond donors (Lipinski definition) is 0. The summed E-state index contributed by atoms with van der Waals surface area (Å²) in [5, 5.41) is 22.5. The molecule has 2 aliphatic heterocycles. The minimum Gasteiger partial charge on any atom is -0.494 e. The van der Waals surface area contributed by atoms with Gasteiger partial charge in [0, 0.05) is 36.3 Å². The summed E-state index contributed by atoms with van der Waals surface area (Å²) in [6.45, 7) is 1.35. The average Bonchev–Trinajstić information content (AvgIpc) is 2.65. The van der Waals surface area contributed by atoms with E-state index in [2.05, 4.69) is 0 Å². The number of hydrogen-bond acceptors (Lipinski definition) is 8. The molecule has 0 radical (unpaired) electrons. The Bertz CT molecular complexity index is 899. The quantitative estimate of drug-likeness (QED) is 0.595. The van der Waals surface area contributed by atoms with E-state index in [1.54, 1.807) is 12.1 Å². The predicted molar refractivity (Wildman–Crippen MR) is 96.5 cm³/mol.